The molecule has 0 amide bonds. The van der Waals surface area contributed by atoms with E-state index in [1.807, 2.05) is 19.9 Å². The van der Waals surface area contributed by atoms with Crippen molar-refractivity contribution in [3.63, 3.8) is 0 Å². The Morgan fingerprint density at radius 2 is 1.76 bits per heavy atom. The van der Waals surface area contributed by atoms with Gasteiger partial charge in [0.1, 0.15) is 0 Å². The number of hydrogen-bond donors (Lipinski definition) is 2. The van der Waals surface area contributed by atoms with Crippen LogP contribution in [0.4, 0.5) is 0 Å². The van der Waals surface area contributed by atoms with Crippen LogP contribution in [0, 0.1) is 11.3 Å². The van der Waals surface area contributed by atoms with Crippen LogP contribution in [0.1, 0.15) is 66.2 Å². The monoisotopic (exact) mass is 344 g/mol. The minimum Gasteiger partial charge on any atom is -0.505 e. The van der Waals surface area contributed by atoms with Crippen molar-refractivity contribution in [2.24, 2.45) is 11.3 Å². The molecule has 0 aromatic rings. The summed E-state index contributed by atoms with van der Waals surface area (Å²) in [6.45, 7) is 8.13. The number of fused-ring (bicyclic) bond motifs is 1. The Morgan fingerprint density at radius 1 is 1.08 bits per heavy atom. The van der Waals surface area contributed by atoms with Gasteiger partial charge in [-0.05, 0) is 76.9 Å². The zero-order valence-corrected chi connectivity index (χ0v) is 16.0. The smallest absolute Gasteiger partial charge is 0.203 e. The third kappa shape index (κ3) is 4.72. The number of rotatable bonds is 0. The summed E-state index contributed by atoms with van der Waals surface area (Å²) in [5.74, 6) is -0.297. The molecule has 0 heterocycles. The Bertz CT molecular complexity index is 636. The van der Waals surface area contributed by atoms with E-state index in [2.05, 4.69) is 26.0 Å². The molecule has 0 bridgehead atoms. The highest BCUT2D eigenvalue weighted by atomic mass is 16.3. The van der Waals surface area contributed by atoms with Crippen LogP contribution in [0.3, 0.4) is 0 Å². The Labute approximate surface area is 151 Å². The summed E-state index contributed by atoms with van der Waals surface area (Å²) in [5.41, 5.74) is 2.95. The highest BCUT2D eigenvalue weighted by molar-refractivity contribution is 6.00. The van der Waals surface area contributed by atoms with Crippen LogP contribution in [0.25, 0.3) is 0 Å². The quantitative estimate of drug-likeness (QED) is 0.595. The summed E-state index contributed by atoms with van der Waals surface area (Å²) < 4.78 is 0. The minimum absolute atomic E-state index is 0.0313. The summed E-state index contributed by atoms with van der Waals surface area (Å²) in [5, 5.41) is 20.4. The van der Waals surface area contributed by atoms with Crippen LogP contribution >= 0.6 is 0 Å². The van der Waals surface area contributed by atoms with Crippen molar-refractivity contribution in [2.45, 2.75) is 72.3 Å². The van der Waals surface area contributed by atoms with Crippen LogP contribution in [0.2, 0.25) is 0 Å². The molecule has 138 valence electrons. The van der Waals surface area contributed by atoms with E-state index in [0.29, 0.717) is 12.8 Å². The maximum absolute atomic E-state index is 12.5. The van der Waals surface area contributed by atoms with Crippen LogP contribution in [0.5, 0.6) is 0 Å². The normalized spacial score (nSPS) is 38.8. The lowest BCUT2D eigenvalue weighted by molar-refractivity contribution is -0.126. The van der Waals surface area contributed by atoms with Gasteiger partial charge in [-0.15, -0.1) is 0 Å². The second kappa shape index (κ2) is 8.18. The molecule has 0 saturated heterocycles. The fourth-order valence-corrected chi connectivity index (χ4v) is 3.66. The maximum atomic E-state index is 12.5. The van der Waals surface area contributed by atoms with E-state index in [1.165, 1.54) is 11.1 Å². The fraction of sp³-hybridized carbons (Fsp3) is 0.591. The zero-order valence-electron chi connectivity index (χ0n) is 16.0. The Morgan fingerprint density at radius 3 is 2.48 bits per heavy atom. The second-order valence-electron chi connectivity index (χ2n) is 7.99. The van der Waals surface area contributed by atoms with Crippen molar-refractivity contribution in [3.05, 3.63) is 46.8 Å². The minimum atomic E-state index is -0.598. The van der Waals surface area contributed by atoms with E-state index >= 15 is 0 Å². The van der Waals surface area contributed by atoms with Gasteiger partial charge in [-0.1, -0.05) is 36.3 Å². The van der Waals surface area contributed by atoms with E-state index < -0.39 is 11.5 Å². The van der Waals surface area contributed by atoms with E-state index in [-0.39, 0.29) is 17.5 Å². The van der Waals surface area contributed by atoms with E-state index in [0.717, 1.165) is 31.3 Å². The average Bonchev–Trinajstić information content (AvgIpc) is 2.79. The van der Waals surface area contributed by atoms with Crippen molar-refractivity contribution >= 4 is 5.78 Å². The first-order chi connectivity index (χ1) is 11.7. The summed E-state index contributed by atoms with van der Waals surface area (Å²) in [6, 6.07) is 0. The van der Waals surface area contributed by atoms with Gasteiger partial charge in [-0.3, -0.25) is 4.79 Å². The number of carbonyl (C=O) groups excluding carboxylic acids is 1. The standard InChI is InChI=1S/C22H32O3/c1-15-6-5-7-16(2)12-13-22(4)18(14-20(24)21(22)25)10-9-17(3)19(23)11-8-15/h6,9,12,14,18-19,23-24H,5,7-8,10-11,13H2,1-4H3/b15-6+,16-12+,17-9+/t18-,19+,22+/m1/s1. The first-order valence-electron chi connectivity index (χ1n) is 9.35. The molecule has 0 radical (unpaired) electrons. The van der Waals surface area contributed by atoms with Gasteiger partial charge in [-0.25, -0.2) is 0 Å². The number of ketones is 1. The molecule has 0 aliphatic heterocycles. The van der Waals surface area contributed by atoms with E-state index in [9.17, 15) is 15.0 Å². The van der Waals surface area contributed by atoms with Crippen molar-refractivity contribution in [1.82, 2.24) is 0 Å². The number of hydrogen-bond acceptors (Lipinski definition) is 3. The molecule has 2 aliphatic carbocycles. The molecular weight excluding hydrogens is 312 g/mol. The number of allylic oxidation sites excluding steroid dienone is 7. The van der Waals surface area contributed by atoms with Gasteiger partial charge >= 0.3 is 0 Å². The van der Waals surface area contributed by atoms with Crippen LogP contribution < -0.4 is 0 Å². The first-order valence-corrected chi connectivity index (χ1v) is 9.35. The lowest BCUT2D eigenvalue weighted by Gasteiger charge is -2.28. The van der Waals surface area contributed by atoms with Crippen LogP contribution in [-0.4, -0.2) is 22.1 Å². The van der Waals surface area contributed by atoms with Gasteiger partial charge in [0.05, 0.1) is 6.10 Å². The third-order valence-electron chi connectivity index (χ3n) is 5.87. The number of aliphatic hydroxyl groups is 2. The largest absolute Gasteiger partial charge is 0.505 e. The van der Waals surface area contributed by atoms with Crippen LogP contribution in [-0.2, 0) is 4.79 Å². The van der Waals surface area contributed by atoms with Crippen molar-refractivity contribution < 1.29 is 15.0 Å². The SMILES string of the molecule is C/C1=C\C[C@]2(C)C(=O)C(O)=C[C@H]2C/C=C(\C)[C@@H](O)CC/C(C)=C/CC1. The maximum Gasteiger partial charge on any atom is 0.203 e. The van der Waals surface area contributed by atoms with Crippen molar-refractivity contribution in [3.8, 4) is 0 Å². The van der Waals surface area contributed by atoms with Gasteiger partial charge < -0.3 is 10.2 Å². The number of carbonyl (C=O) groups is 1. The molecule has 0 spiro atoms. The third-order valence-corrected chi connectivity index (χ3v) is 5.87. The molecule has 0 aromatic heterocycles. The van der Waals surface area contributed by atoms with Gasteiger partial charge in [0.2, 0.25) is 5.78 Å². The summed E-state index contributed by atoms with van der Waals surface area (Å²) in [6.07, 6.45) is 12.6. The molecule has 0 saturated carbocycles. The molecule has 2 rings (SSSR count). The Kier molecular flexibility index (Phi) is 6.45. The summed E-state index contributed by atoms with van der Waals surface area (Å²) in [7, 11) is 0. The fourth-order valence-electron chi connectivity index (χ4n) is 3.66. The van der Waals surface area contributed by atoms with Gasteiger partial charge in [0.25, 0.3) is 0 Å². The molecule has 3 nitrogen and oxygen atoms in total. The van der Waals surface area contributed by atoms with E-state index in [4.69, 9.17) is 0 Å². The Hall–Kier alpha value is -1.61. The molecule has 3 atom stereocenters. The molecule has 0 fully saturated rings. The number of Topliss-reactive ketones (excluding diaryl/α,β-unsaturated/α-hetero) is 1. The predicted molar refractivity (Wildman–Crippen MR) is 102 cm³/mol. The zero-order chi connectivity index (χ0) is 18.6. The van der Waals surface area contributed by atoms with Gasteiger partial charge in [-0.2, -0.15) is 0 Å². The molecular formula is C22H32O3. The second-order valence-corrected chi connectivity index (χ2v) is 7.99. The Balaban J connectivity index is 2.30. The molecule has 2 aliphatic rings. The van der Waals surface area contributed by atoms with Gasteiger partial charge in [0.15, 0.2) is 5.76 Å². The average molecular weight is 344 g/mol. The van der Waals surface area contributed by atoms with Gasteiger partial charge in [0, 0.05) is 5.41 Å². The summed E-state index contributed by atoms with van der Waals surface area (Å²) in [4.78, 5) is 12.5. The first kappa shape index (κ1) is 19.7. The molecule has 0 aromatic carbocycles. The lowest BCUT2D eigenvalue weighted by atomic mass is 9.73. The highest BCUT2D eigenvalue weighted by Gasteiger charge is 2.45. The highest BCUT2D eigenvalue weighted by Crippen LogP contribution is 2.44. The molecule has 2 N–H and O–H groups in total. The van der Waals surface area contributed by atoms with Crippen LogP contribution in [0.15, 0.2) is 46.8 Å². The van der Waals surface area contributed by atoms with Crippen molar-refractivity contribution in [2.75, 3.05) is 0 Å². The molecule has 3 heteroatoms. The van der Waals surface area contributed by atoms with Crippen molar-refractivity contribution in [1.29, 1.82) is 0 Å². The number of aliphatic hydroxyl groups excluding tert-OH is 2. The predicted octanol–water partition coefficient (Wildman–Crippen LogP) is 5.19. The topological polar surface area (TPSA) is 57.5 Å². The summed E-state index contributed by atoms with van der Waals surface area (Å²) >= 11 is 0. The van der Waals surface area contributed by atoms with E-state index in [1.54, 1.807) is 6.08 Å². The lowest BCUT2D eigenvalue weighted by Crippen LogP contribution is -2.30. The molecule has 25 heavy (non-hydrogen) atoms. The molecule has 0 unspecified atom stereocenters.